The minimum absolute atomic E-state index is 0.0189. The Labute approximate surface area is 227 Å². The van der Waals surface area contributed by atoms with E-state index in [1.165, 1.54) is 30.3 Å². The van der Waals surface area contributed by atoms with Gasteiger partial charge in [-0.05, 0) is 67.1 Å². The number of barbiturate groups is 1. The lowest BCUT2D eigenvalue weighted by Gasteiger charge is -2.26. The van der Waals surface area contributed by atoms with E-state index in [2.05, 4.69) is 5.32 Å². The summed E-state index contributed by atoms with van der Waals surface area (Å²) in [5, 5.41) is 12.2. The van der Waals surface area contributed by atoms with E-state index in [1.807, 2.05) is 0 Å². The molecule has 2 N–H and O–H groups in total. The Kier molecular flexibility index (Phi) is 7.99. The smallest absolute Gasteiger partial charge is 0.335 e. The molecule has 1 aliphatic heterocycles. The van der Waals surface area contributed by atoms with Gasteiger partial charge in [-0.2, -0.15) is 0 Å². The van der Waals surface area contributed by atoms with Gasteiger partial charge in [0.2, 0.25) is 0 Å². The molecule has 3 aromatic carbocycles. The average Bonchev–Trinajstić information content (AvgIpc) is 2.87. The molecule has 1 heterocycles. The minimum atomic E-state index is -1.16. The molecule has 0 saturated carbocycles. The highest BCUT2D eigenvalue weighted by Gasteiger charge is 2.36. The predicted molar refractivity (Wildman–Crippen MR) is 141 cm³/mol. The van der Waals surface area contributed by atoms with Gasteiger partial charge >= 0.3 is 12.0 Å². The fraction of sp³-hybridized carbons (Fsp3) is 0.111. The van der Waals surface area contributed by atoms with E-state index < -0.39 is 23.8 Å². The highest BCUT2D eigenvalue weighted by Crippen LogP contribution is 2.32. The number of hydrogen-bond acceptors (Lipinski definition) is 6. The summed E-state index contributed by atoms with van der Waals surface area (Å²) in [4.78, 5) is 50.0. The van der Waals surface area contributed by atoms with Crippen LogP contribution in [0.1, 0.15) is 28.4 Å². The molecule has 0 atom stereocenters. The van der Waals surface area contributed by atoms with Gasteiger partial charge in [0.25, 0.3) is 11.8 Å². The van der Waals surface area contributed by atoms with Gasteiger partial charge in [0.1, 0.15) is 12.2 Å². The van der Waals surface area contributed by atoms with Gasteiger partial charge in [-0.1, -0.05) is 35.3 Å². The molecule has 9 nitrogen and oxygen atoms in total. The van der Waals surface area contributed by atoms with Crippen molar-refractivity contribution in [1.29, 1.82) is 0 Å². The van der Waals surface area contributed by atoms with Crippen LogP contribution in [0.15, 0.2) is 66.2 Å². The van der Waals surface area contributed by atoms with Crippen LogP contribution in [-0.4, -0.2) is 35.5 Å². The molecule has 1 aliphatic rings. The summed E-state index contributed by atoms with van der Waals surface area (Å²) >= 11 is 12.2. The second-order valence-corrected chi connectivity index (χ2v) is 8.82. The van der Waals surface area contributed by atoms with Crippen molar-refractivity contribution in [2.75, 3.05) is 11.5 Å². The lowest BCUT2D eigenvalue weighted by molar-refractivity contribution is -0.122. The number of rotatable bonds is 8. The Balaban J connectivity index is 1.60. The first-order chi connectivity index (χ1) is 18.2. The molecule has 0 aliphatic carbocycles. The van der Waals surface area contributed by atoms with E-state index in [9.17, 15) is 19.2 Å². The third-order valence-corrected chi connectivity index (χ3v) is 6.04. The number of carboxylic acid groups (broad SMARTS) is 1. The molecule has 0 radical (unpaired) electrons. The number of nitrogens with zero attached hydrogens (tertiary/aromatic N) is 1. The van der Waals surface area contributed by atoms with Crippen molar-refractivity contribution >= 4 is 58.8 Å². The van der Waals surface area contributed by atoms with E-state index in [4.69, 9.17) is 37.8 Å². The van der Waals surface area contributed by atoms with Crippen LogP contribution in [-0.2, 0) is 16.2 Å². The van der Waals surface area contributed by atoms with Gasteiger partial charge in [0.05, 0.1) is 17.9 Å². The number of benzene rings is 3. The number of hydrogen-bond donors (Lipinski definition) is 2. The molecule has 3 aromatic rings. The van der Waals surface area contributed by atoms with Crippen LogP contribution >= 0.6 is 23.2 Å². The zero-order valence-electron chi connectivity index (χ0n) is 19.9. The highest BCUT2D eigenvalue weighted by molar-refractivity contribution is 6.39. The molecule has 194 valence electrons. The minimum Gasteiger partial charge on any atom is -0.490 e. The van der Waals surface area contributed by atoms with Gasteiger partial charge < -0.3 is 14.6 Å². The number of halogens is 2. The maximum absolute atomic E-state index is 13.1. The molecule has 4 rings (SSSR count). The number of urea groups is 1. The number of ether oxygens (including phenoxy) is 2. The van der Waals surface area contributed by atoms with Gasteiger partial charge in [-0.3, -0.25) is 14.9 Å². The summed E-state index contributed by atoms with van der Waals surface area (Å²) in [7, 11) is 0. The van der Waals surface area contributed by atoms with Gasteiger partial charge in [0.15, 0.2) is 11.5 Å². The summed E-state index contributed by atoms with van der Waals surface area (Å²) in [6.45, 7) is 2.27. The molecule has 38 heavy (non-hydrogen) atoms. The van der Waals surface area contributed by atoms with Crippen molar-refractivity contribution in [3.8, 4) is 11.5 Å². The number of carbonyl (C=O) groups excluding carboxylic acids is 3. The standard InChI is InChI=1S/C27H20Cl2N2O7/c1-2-37-23-12-15(3-10-22(23)38-14-17-4-7-18(28)13-21(17)29)11-20-24(32)30-27(36)31(25(20)33)19-8-5-16(6-9-19)26(34)35/h3-13H,2,14H2,1H3,(H,34,35)(H,30,32,36)/b20-11+. The van der Waals surface area contributed by atoms with E-state index in [-0.39, 0.29) is 23.4 Å². The molecule has 11 heteroatoms. The highest BCUT2D eigenvalue weighted by atomic mass is 35.5. The maximum atomic E-state index is 13.1. The van der Waals surface area contributed by atoms with E-state index in [1.54, 1.807) is 43.3 Å². The van der Waals surface area contributed by atoms with Crippen LogP contribution in [0.25, 0.3) is 6.08 Å². The SMILES string of the molecule is CCOc1cc(/C=C2\C(=O)NC(=O)N(c3ccc(C(=O)O)cc3)C2=O)ccc1OCc1ccc(Cl)cc1Cl. The third-order valence-electron chi connectivity index (χ3n) is 5.45. The molecule has 0 spiro atoms. The summed E-state index contributed by atoms with van der Waals surface area (Å²) in [5.41, 5.74) is 0.954. The summed E-state index contributed by atoms with van der Waals surface area (Å²) < 4.78 is 11.6. The molecular weight excluding hydrogens is 535 g/mol. The number of imide groups is 2. The number of carboxylic acids is 1. The summed E-state index contributed by atoms with van der Waals surface area (Å²) in [5.74, 6) is -2.11. The topological polar surface area (TPSA) is 122 Å². The molecule has 1 saturated heterocycles. The number of nitrogens with one attached hydrogen (secondary N) is 1. The number of amides is 4. The Morgan fingerprint density at radius 1 is 0.974 bits per heavy atom. The van der Waals surface area contributed by atoms with Crippen molar-refractivity contribution in [1.82, 2.24) is 5.32 Å². The summed E-state index contributed by atoms with van der Waals surface area (Å²) in [6.07, 6.45) is 1.32. The van der Waals surface area contributed by atoms with Gasteiger partial charge in [-0.25, -0.2) is 14.5 Å². The molecule has 0 aromatic heterocycles. The van der Waals surface area contributed by atoms with Crippen molar-refractivity contribution in [2.45, 2.75) is 13.5 Å². The van der Waals surface area contributed by atoms with Crippen molar-refractivity contribution in [3.05, 3.63) is 93.0 Å². The Bertz CT molecular complexity index is 1470. The predicted octanol–water partition coefficient (Wildman–Crippen LogP) is 5.34. The lowest BCUT2D eigenvalue weighted by atomic mass is 10.1. The monoisotopic (exact) mass is 554 g/mol. The second kappa shape index (κ2) is 11.4. The van der Waals surface area contributed by atoms with Crippen molar-refractivity contribution in [2.24, 2.45) is 0 Å². The Hall–Kier alpha value is -4.34. The Morgan fingerprint density at radius 2 is 1.71 bits per heavy atom. The largest absolute Gasteiger partial charge is 0.490 e. The third kappa shape index (κ3) is 5.80. The quantitative estimate of drug-likeness (QED) is 0.284. The van der Waals surface area contributed by atoms with Gasteiger partial charge in [0, 0.05) is 15.6 Å². The van der Waals surface area contributed by atoms with Crippen molar-refractivity contribution < 1.29 is 33.8 Å². The van der Waals surface area contributed by atoms with Crippen LogP contribution in [0.2, 0.25) is 10.0 Å². The van der Waals surface area contributed by atoms with E-state index in [0.29, 0.717) is 33.7 Å². The maximum Gasteiger partial charge on any atom is 0.335 e. The summed E-state index contributed by atoms with van der Waals surface area (Å²) in [6, 6.07) is 14.1. The Morgan fingerprint density at radius 3 is 2.37 bits per heavy atom. The van der Waals surface area contributed by atoms with Crippen LogP contribution in [0.5, 0.6) is 11.5 Å². The number of aromatic carboxylic acids is 1. The first-order valence-electron chi connectivity index (χ1n) is 11.3. The number of anilines is 1. The zero-order chi connectivity index (χ0) is 27.4. The number of carbonyl (C=O) groups is 4. The van der Waals surface area contributed by atoms with Crippen LogP contribution in [0, 0.1) is 0 Å². The van der Waals surface area contributed by atoms with Gasteiger partial charge in [-0.15, -0.1) is 0 Å². The fourth-order valence-electron chi connectivity index (χ4n) is 3.61. The van der Waals surface area contributed by atoms with Crippen molar-refractivity contribution in [3.63, 3.8) is 0 Å². The zero-order valence-corrected chi connectivity index (χ0v) is 21.4. The first-order valence-corrected chi connectivity index (χ1v) is 12.0. The molecular formula is C27H20Cl2N2O7. The van der Waals surface area contributed by atoms with Crippen LogP contribution < -0.4 is 19.7 Å². The van der Waals surface area contributed by atoms with E-state index in [0.717, 1.165) is 10.5 Å². The van der Waals surface area contributed by atoms with Crippen LogP contribution in [0.4, 0.5) is 10.5 Å². The lowest BCUT2D eigenvalue weighted by Crippen LogP contribution is -2.54. The second-order valence-electron chi connectivity index (χ2n) is 7.97. The molecule has 4 amide bonds. The van der Waals surface area contributed by atoms with Crippen LogP contribution in [0.3, 0.4) is 0 Å². The first kappa shape index (κ1) is 26.7. The van der Waals surface area contributed by atoms with E-state index >= 15 is 0 Å². The molecule has 0 bridgehead atoms. The molecule has 0 unspecified atom stereocenters. The normalized spacial score (nSPS) is 14.4. The average molecular weight is 555 g/mol. The molecule has 1 fully saturated rings. The fourth-order valence-corrected chi connectivity index (χ4v) is 4.07.